The van der Waals surface area contributed by atoms with Crippen LogP contribution in [0.15, 0.2) is 65.8 Å². The third-order valence-electron chi connectivity index (χ3n) is 6.56. The molecule has 0 saturated carbocycles. The zero-order valence-electron chi connectivity index (χ0n) is 20.8. The maximum Gasteiger partial charge on any atom is 0.264 e. The van der Waals surface area contributed by atoms with Crippen LogP contribution in [0.5, 0.6) is 5.75 Å². The van der Waals surface area contributed by atoms with Crippen LogP contribution >= 0.6 is 0 Å². The molecule has 1 unspecified atom stereocenters. The predicted molar refractivity (Wildman–Crippen MR) is 139 cm³/mol. The van der Waals surface area contributed by atoms with Gasteiger partial charge in [0.05, 0.1) is 32.3 Å². The zero-order chi connectivity index (χ0) is 25.9. The van der Waals surface area contributed by atoms with Crippen LogP contribution in [0.3, 0.4) is 0 Å². The number of nitrogens with one attached hydrogen (secondary N) is 1. The number of methoxy groups -OCH3 is 1. The summed E-state index contributed by atoms with van der Waals surface area (Å²) in [5, 5.41) is 7.63. The van der Waals surface area contributed by atoms with E-state index < -0.39 is 5.92 Å². The molecule has 0 radical (unpaired) electrons. The molecule has 2 aromatic heterocycles. The number of hydrogen-bond donors (Lipinski definition) is 1. The van der Waals surface area contributed by atoms with Crippen LogP contribution in [0, 0.1) is 12.8 Å². The molecule has 1 aliphatic heterocycles. The molecule has 0 bridgehead atoms. The highest BCUT2D eigenvalue weighted by Gasteiger charge is 2.35. The molecule has 0 aliphatic carbocycles. The number of aromatic nitrogens is 4. The van der Waals surface area contributed by atoms with Crippen LogP contribution in [0.2, 0.25) is 0 Å². The lowest BCUT2D eigenvalue weighted by molar-refractivity contribution is -0.126. The van der Waals surface area contributed by atoms with Gasteiger partial charge in [-0.3, -0.25) is 19.0 Å². The van der Waals surface area contributed by atoms with E-state index in [-0.39, 0.29) is 23.8 Å². The van der Waals surface area contributed by atoms with Gasteiger partial charge in [-0.2, -0.15) is 5.10 Å². The number of carbonyl (C=O) groups excluding carboxylic acids is 2. The lowest BCUT2D eigenvalue weighted by Gasteiger charge is -2.17. The van der Waals surface area contributed by atoms with Gasteiger partial charge >= 0.3 is 0 Å². The maximum absolute atomic E-state index is 13.0. The third-order valence-corrected chi connectivity index (χ3v) is 6.56. The zero-order valence-corrected chi connectivity index (χ0v) is 20.8. The van der Waals surface area contributed by atoms with E-state index in [0.29, 0.717) is 43.0 Å². The Morgan fingerprint density at radius 3 is 2.73 bits per heavy atom. The number of aryl methyl sites for hydroxylation is 1. The minimum atomic E-state index is -0.434. The van der Waals surface area contributed by atoms with Gasteiger partial charge in [0.25, 0.3) is 5.56 Å². The summed E-state index contributed by atoms with van der Waals surface area (Å²) >= 11 is 0. The van der Waals surface area contributed by atoms with E-state index >= 15 is 0 Å². The Morgan fingerprint density at radius 1 is 1.16 bits per heavy atom. The molecular formula is C27H28N6O4. The number of hydrogen-bond acceptors (Lipinski definition) is 6. The largest absolute Gasteiger partial charge is 0.497 e. The van der Waals surface area contributed by atoms with Crippen LogP contribution in [0.25, 0.3) is 11.0 Å². The van der Waals surface area contributed by atoms with Crippen molar-refractivity contribution >= 4 is 28.5 Å². The van der Waals surface area contributed by atoms with Gasteiger partial charge in [0, 0.05) is 25.2 Å². The lowest BCUT2D eigenvalue weighted by atomic mass is 10.1. The molecule has 1 saturated heterocycles. The molecule has 0 spiro atoms. The summed E-state index contributed by atoms with van der Waals surface area (Å²) in [6.45, 7) is 3.42. The molecule has 1 fully saturated rings. The molecule has 4 aromatic rings. The van der Waals surface area contributed by atoms with E-state index in [2.05, 4.69) is 15.4 Å². The van der Waals surface area contributed by atoms with Crippen molar-refractivity contribution in [3.63, 3.8) is 0 Å². The molecule has 37 heavy (non-hydrogen) atoms. The van der Waals surface area contributed by atoms with E-state index in [1.165, 1.54) is 12.5 Å². The van der Waals surface area contributed by atoms with Gasteiger partial charge < -0.3 is 15.0 Å². The van der Waals surface area contributed by atoms with E-state index in [0.717, 1.165) is 16.8 Å². The molecule has 1 N–H and O–H groups in total. The first-order chi connectivity index (χ1) is 17.9. The molecule has 10 nitrogen and oxygen atoms in total. The highest BCUT2D eigenvalue weighted by molar-refractivity contribution is 6.00. The van der Waals surface area contributed by atoms with Gasteiger partial charge in [-0.1, -0.05) is 29.8 Å². The van der Waals surface area contributed by atoms with Crippen LogP contribution in [0.1, 0.15) is 17.5 Å². The Balaban J connectivity index is 1.19. The monoisotopic (exact) mass is 500 g/mol. The van der Waals surface area contributed by atoms with Crippen LogP contribution in [0.4, 0.5) is 5.69 Å². The van der Waals surface area contributed by atoms with E-state index in [4.69, 9.17) is 4.74 Å². The Bertz CT molecular complexity index is 1510. The number of carbonyl (C=O) groups is 2. The fraction of sp³-hybridized carbons (Fsp3) is 0.296. The van der Waals surface area contributed by atoms with Crippen molar-refractivity contribution in [3.05, 3.63) is 82.5 Å². The Hall–Kier alpha value is -4.47. The summed E-state index contributed by atoms with van der Waals surface area (Å²) in [6.07, 6.45) is 3.20. The van der Waals surface area contributed by atoms with Gasteiger partial charge in [0.15, 0.2) is 5.65 Å². The Kier molecular flexibility index (Phi) is 6.72. The van der Waals surface area contributed by atoms with Crippen molar-refractivity contribution < 1.29 is 14.3 Å². The summed E-state index contributed by atoms with van der Waals surface area (Å²) in [7, 11) is 1.58. The lowest BCUT2D eigenvalue weighted by Crippen LogP contribution is -2.35. The second-order valence-electron chi connectivity index (χ2n) is 9.17. The molecule has 5 rings (SSSR count). The normalized spacial score (nSPS) is 15.4. The SMILES string of the molecule is COc1ccc(N2CC(C(=O)NCCn3ncc4c(=O)n(Cc5cccc(C)c5)cnc43)CC2=O)cc1. The molecular weight excluding hydrogens is 472 g/mol. The number of rotatable bonds is 8. The van der Waals surface area contributed by atoms with E-state index in [9.17, 15) is 14.4 Å². The minimum absolute atomic E-state index is 0.0884. The van der Waals surface area contributed by atoms with Crippen molar-refractivity contribution in [2.75, 3.05) is 25.1 Å². The summed E-state index contributed by atoms with van der Waals surface area (Å²) in [6, 6.07) is 15.2. The van der Waals surface area contributed by atoms with Crippen LogP contribution < -0.4 is 20.5 Å². The van der Waals surface area contributed by atoms with Crippen LogP contribution in [-0.2, 0) is 22.7 Å². The summed E-state index contributed by atoms with van der Waals surface area (Å²) in [5.74, 6) is -0.00439. The number of ether oxygens (including phenoxy) is 1. The number of nitrogens with zero attached hydrogens (tertiary/aromatic N) is 5. The van der Waals surface area contributed by atoms with Crippen molar-refractivity contribution in [2.45, 2.75) is 26.4 Å². The summed E-state index contributed by atoms with van der Waals surface area (Å²) < 4.78 is 8.34. The number of benzene rings is 2. The summed E-state index contributed by atoms with van der Waals surface area (Å²) in [5.41, 5.74) is 3.20. The fourth-order valence-corrected chi connectivity index (χ4v) is 4.61. The molecule has 190 valence electrons. The average molecular weight is 501 g/mol. The summed E-state index contributed by atoms with van der Waals surface area (Å²) in [4.78, 5) is 44.3. The van der Waals surface area contributed by atoms with Crippen molar-refractivity contribution in [2.24, 2.45) is 5.92 Å². The van der Waals surface area contributed by atoms with Gasteiger partial charge in [-0.25, -0.2) is 9.67 Å². The van der Waals surface area contributed by atoms with Gasteiger partial charge in [0.2, 0.25) is 11.8 Å². The van der Waals surface area contributed by atoms with Gasteiger partial charge in [-0.15, -0.1) is 0 Å². The predicted octanol–water partition coefficient (Wildman–Crippen LogP) is 2.13. The first-order valence-corrected chi connectivity index (χ1v) is 12.1. The quantitative estimate of drug-likeness (QED) is 0.397. The highest BCUT2D eigenvalue weighted by atomic mass is 16.5. The molecule has 10 heteroatoms. The standard InChI is InChI=1S/C27H28N6O4/c1-18-4-3-5-19(12-18)15-31-17-29-25-23(27(31)36)14-30-33(25)11-10-28-26(35)20-13-24(34)32(16-20)21-6-8-22(37-2)9-7-21/h3-9,12,14,17,20H,10-11,13,15-16H2,1-2H3,(H,28,35). The smallest absolute Gasteiger partial charge is 0.264 e. The first-order valence-electron chi connectivity index (χ1n) is 12.1. The molecule has 1 aliphatic rings. The highest BCUT2D eigenvalue weighted by Crippen LogP contribution is 2.26. The topological polar surface area (TPSA) is 111 Å². The number of amides is 2. The fourth-order valence-electron chi connectivity index (χ4n) is 4.61. The molecule has 1 atom stereocenters. The van der Waals surface area contributed by atoms with Crippen molar-refractivity contribution in [1.29, 1.82) is 0 Å². The first kappa shape index (κ1) is 24.2. The molecule has 2 amide bonds. The Labute approximate surface area is 213 Å². The second-order valence-corrected chi connectivity index (χ2v) is 9.17. The maximum atomic E-state index is 13.0. The number of fused-ring (bicyclic) bond motifs is 1. The Morgan fingerprint density at radius 2 is 1.97 bits per heavy atom. The van der Waals surface area contributed by atoms with E-state index in [1.807, 2.05) is 43.3 Å². The van der Waals surface area contributed by atoms with Crippen LogP contribution in [-0.4, -0.2) is 51.3 Å². The van der Waals surface area contributed by atoms with E-state index in [1.54, 1.807) is 33.4 Å². The van der Waals surface area contributed by atoms with Gasteiger partial charge in [-0.05, 0) is 36.8 Å². The average Bonchev–Trinajstić information content (AvgIpc) is 3.50. The molecule has 3 heterocycles. The molecule has 2 aromatic carbocycles. The van der Waals surface area contributed by atoms with Crippen molar-refractivity contribution in [1.82, 2.24) is 24.6 Å². The number of anilines is 1. The van der Waals surface area contributed by atoms with Gasteiger partial charge in [0.1, 0.15) is 17.5 Å². The minimum Gasteiger partial charge on any atom is -0.497 e. The van der Waals surface area contributed by atoms with Crippen molar-refractivity contribution in [3.8, 4) is 5.75 Å². The third kappa shape index (κ3) is 5.09. The second kappa shape index (κ2) is 10.3.